The van der Waals surface area contributed by atoms with Crippen molar-refractivity contribution in [3.05, 3.63) is 12.2 Å². The summed E-state index contributed by atoms with van der Waals surface area (Å²) in [7, 11) is 4.09. The van der Waals surface area contributed by atoms with Gasteiger partial charge in [-0.3, -0.25) is 4.90 Å². The van der Waals surface area contributed by atoms with Crippen molar-refractivity contribution in [1.29, 1.82) is 0 Å². The monoisotopic (exact) mass is 212 g/mol. The second-order valence-electron chi connectivity index (χ2n) is 4.47. The highest BCUT2D eigenvalue weighted by atomic mass is 16.5. The van der Waals surface area contributed by atoms with E-state index in [2.05, 4.69) is 23.8 Å². The molecule has 88 valence electrons. The normalized spacial score (nSPS) is 21.9. The van der Waals surface area contributed by atoms with Gasteiger partial charge in [-0.15, -0.1) is 0 Å². The molecule has 0 bridgehead atoms. The molecule has 1 saturated heterocycles. The molecule has 1 aliphatic rings. The van der Waals surface area contributed by atoms with Gasteiger partial charge in [0.1, 0.15) is 0 Å². The molecule has 1 fully saturated rings. The van der Waals surface area contributed by atoms with Crippen molar-refractivity contribution in [2.24, 2.45) is 0 Å². The maximum absolute atomic E-state index is 5.70. The van der Waals surface area contributed by atoms with Crippen LogP contribution in [-0.2, 0) is 4.74 Å². The Balaban J connectivity index is 2.16. The summed E-state index contributed by atoms with van der Waals surface area (Å²) in [5, 5.41) is 3.12. The molecule has 1 atom stereocenters. The molecule has 1 aliphatic heterocycles. The Kier molecular flexibility index (Phi) is 5.91. The number of rotatable bonds is 6. The highest BCUT2D eigenvalue weighted by Crippen LogP contribution is 2.13. The van der Waals surface area contributed by atoms with Gasteiger partial charge in [-0.05, 0) is 38.9 Å². The fourth-order valence-corrected chi connectivity index (χ4v) is 2.05. The third-order valence-electron chi connectivity index (χ3n) is 2.71. The summed E-state index contributed by atoms with van der Waals surface area (Å²) in [6.45, 7) is 7.86. The van der Waals surface area contributed by atoms with Gasteiger partial charge >= 0.3 is 0 Å². The molecule has 3 nitrogen and oxygen atoms in total. The van der Waals surface area contributed by atoms with Crippen molar-refractivity contribution in [2.45, 2.75) is 25.4 Å². The van der Waals surface area contributed by atoms with Gasteiger partial charge < -0.3 is 10.1 Å². The lowest BCUT2D eigenvalue weighted by Gasteiger charge is -2.27. The van der Waals surface area contributed by atoms with Gasteiger partial charge in [0.05, 0.1) is 6.10 Å². The van der Waals surface area contributed by atoms with Crippen molar-refractivity contribution in [3.8, 4) is 0 Å². The van der Waals surface area contributed by atoms with E-state index in [9.17, 15) is 0 Å². The van der Waals surface area contributed by atoms with Gasteiger partial charge in [-0.2, -0.15) is 0 Å². The molecule has 0 radical (unpaired) electrons. The molecule has 0 aliphatic carbocycles. The Hall–Kier alpha value is -0.380. The number of hydrogen-bond acceptors (Lipinski definition) is 3. The molecule has 1 rings (SSSR count). The highest BCUT2D eigenvalue weighted by molar-refractivity contribution is 4.99. The first-order valence-electron chi connectivity index (χ1n) is 5.83. The predicted octanol–water partition coefficient (Wildman–Crippen LogP) is 1.26. The topological polar surface area (TPSA) is 24.5 Å². The maximum atomic E-state index is 5.70. The van der Waals surface area contributed by atoms with Gasteiger partial charge in [-0.25, -0.2) is 0 Å². The van der Waals surface area contributed by atoms with Crippen LogP contribution < -0.4 is 5.32 Å². The van der Waals surface area contributed by atoms with Gasteiger partial charge in [0.15, 0.2) is 0 Å². The van der Waals surface area contributed by atoms with Gasteiger partial charge in [0.25, 0.3) is 0 Å². The minimum absolute atomic E-state index is 0.436. The number of likely N-dealkylation sites (N-methyl/N-ethyl adjacent to an activating group) is 2. The zero-order valence-corrected chi connectivity index (χ0v) is 10.1. The maximum Gasteiger partial charge on any atom is 0.0702 e. The minimum atomic E-state index is 0.436. The SMILES string of the molecule is C=C(CNC)CN(C)CC1CCCCO1. The second-order valence-corrected chi connectivity index (χ2v) is 4.47. The quantitative estimate of drug-likeness (QED) is 0.671. The zero-order valence-electron chi connectivity index (χ0n) is 10.1. The van der Waals surface area contributed by atoms with E-state index in [1.807, 2.05) is 7.05 Å². The van der Waals surface area contributed by atoms with E-state index in [0.717, 1.165) is 26.2 Å². The summed E-state index contributed by atoms with van der Waals surface area (Å²) >= 11 is 0. The molecular weight excluding hydrogens is 188 g/mol. The lowest BCUT2D eigenvalue weighted by molar-refractivity contribution is -0.000163. The fraction of sp³-hybridized carbons (Fsp3) is 0.833. The van der Waals surface area contributed by atoms with Crippen LogP contribution in [0.5, 0.6) is 0 Å². The first kappa shape index (κ1) is 12.7. The van der Waals surface area contributed by atoms with Crippen LogP contribution in [0.3, 0.4) is 0 Å². The van der Waals surface area contributed by atoms with Crippen LogP contribution in [0.4, 0.5) is 0 Å². The average Bonchev–Trinajstić information content (AvgIpc) is 2.19. The fourth-order valence-electron chi connectivity index (χ4n) is 2.05. The van der Waals surface area contributed by atoms with Crippen LogP contribution in [0, 0.1) is 0 Å². The van der Waals surface area contributed by atoms with Crippen LogP contribution in [0.2, 0.25) is 0 Å². The molecule has 0 aromatic carbocycles. The molecule has 15 heavy (non-hydrogen) atoms. The summed E-state index contributed by atoms with van der Waals surface area (Å²) in [5.74, 6) is 0. The van der Waals surface area contributed by atoms with E-state index in [1.54, 1.807) is 0 Å². The molecule has 0 saturated carbocycles. The molecule has 0 aromatic heterocycles. The smallest absolute Gasteiger partial charge is 0.0702 e. The Morgan fingerprint density at radius 1 is 1.53 bits per heavy atom. The lowest BCUT2D eigenvalue weighted by atomic mass is 10.1. The average molecular weight is 212 g/mol. The molecule has 0 aromatic rings. The van der Waals surface area contributed by atoms with Crippen LogP contribution in [-0.4, -0.2) is 51.3 Å². The largest absolute Gasteiger partial charge is 0.377 e. The third kappa shape index (κ3) is 5.30. The minimum Gasteiger partial charge on any atom is -0.377 e. The first-order chi connectivity index (χ1) is 7.22. The van der Waals surface area contributed by atoms with Crippen molar-refractivity contribution in [1.82, 2.24) is 10.2 Å². The summed E-state index contributed by atoms with van der Waals surface area (Å²) in [6, 6.07) is 0. The van der Waals surface area contributed by atoms with Crippen molar-refractivity contribution in [2.75, 3.05) is 40.3 Å². The Labute approximate surface area is 93.5 Å². The molecule has 1 heterocycles. The Morgan fingerprint density at radius 2 is 2.33 bits per heavy atom. The molecular formula is C12H24N2O. The van der Waals surface area contributed by atoms with E-state index < -0.39 is 0 Å². The van der Waals surface area contributed by atoms with Gasteiger partial charge in [0, 0.05) is 26.2 Å². The second kappa shape index (κ2) is 6.99. The molecule has 1 unspecified atom stereocenters. The summed E-state index contributed by atoms with van der Waals surface area (Å²) < 4.78 is 5.70. The number of nitrogens with zero attached hydrogens (tertiary/aromatic N) is 1. The summed E-state index contributed by atoms with van der Waals surface area (Å²) in [5.41, 5.74) is 1.23. The van der Waals surface area contributed by atoms with Crippen LogP contribution in [0.25, 0.3) is 0 Å². The van der Waals surface area contributed by atoms with E-state index in [0.29, 0.717) is 6.10 Å². The predicted molar refractivity (Wildman–Crippen MR) is 64.2 cm³/mol. The van der Waals surface area contributed by atoms with Gasteiger partial charge in [0.2, 0.25) is 0 Å². The molecule has 0 amide bonds. The van der Waals surface area contributed by atoms with Crippen LogP contribution in [0.1, 0.15) is 19.3 Å². The van der Waals surface area contributed by atoms with Crippen LogP contribution in [0.15, 0.2) is 12.2 Å². The lowest BCUT2D eigenvalue weighted by Crippen LogP contribution is -2.35. The van der Waals surface area contributed by atoms with Crippen LogP contribution >= 0.6 is 0 Å². The Bertz CT molecular complexity index is 188. The van der Waals surface area contributed by atoms with Gasteiger partial charge in [-0.1, -0.05) is 6.58 Å². The highest BCUT2D eigenvalue weighted by Gasteiger charge is 2.15. The molecule has 3 heteroatoms. The van der Waals surface area contributed by atoms with E-state index in [4.69, 9.17) is 4.74 Å². The first-order valence-corrected chi connectivity index (χ1v) is 5.83. The molecule has 1 N–H and O–H groups in total. The van der Waals surface area contributed by atoms with E-state index >= 15 is 0 Å². The summed E-state index contributed by atoms with van der Waals surface area (Å²) in [4.78, 5) is 2.30. The summed E-state index contributed by atoms with van der Waals surface area (Å²) in [6.07, 6.45) is 4.19. The molecule has 0 spiro atoms. The number of nitrogens with one attached hydrogen (secondary N) is 1. The standard InChI is InChI=1S/C12H24N2O/c1-11(8-13-2)9-14(3)10-12-6-4-5-7-15-12/h12-13H,1,4-10H2,2-3H3. The zero-order chi connectivity index (χ0) is 11.1. The van der Waals surface area contributed by atoms with Crippen molar-refractivity contribution in [3.63, 3.8) is 0 Å². The Morgan fingerprint density at radius 3 is 2.93 bits per heavy atom. The van der Waals surface area contributed by atoms with E-state index in [1.165, 1.54) is 24.8 Å². The number of hydrogen-bond donors (Lipinski definition) is 1. The van der Waals surface area contributed by atoms with Crippen molar-refractivity contribution < 1.29 is 4.74 Å². The third-order valence-corrected chi connectivity index (χ3v) is 2.71. The number of ether oxygens (including phenoxy) is 1. The van der Waals surface area contributed by atoms with E-state index in [-0.39, 0.29) is 0 Å². The van der Waals surface area contributed by atoms with Crippen molar-refractivity contribution >= 4 is 0 Å².